The zero-order valence-corrected chi connectivity index (χ0v) is 16.6. The average molecular weight is 420 g/mol. The van der Waals surface area contributed by atoms with Crippen molar-refractivity contribution >= 4 is 38.9 Å². The Morgan fingerprint density at radius 1 is 1.04 bits per heavy atom. The van der Waals surface area contributed by atoms with Gasteiger partial charge < -0.3 is 9.80 Å². The molecule has 1 amide bonds. The highest BCUT2D eigenvalue weighted by Crippen LogP contribution is 2.27. The van der Waals surface area contributed by atoms with Gasteiger partial charge in [-0.1, -0.05) is 18.2 Å². The maximum Gasteiger partial charge on any atom is 0.242 e. The van der Waals surface area contributed by atoms with Crippen molar-refractivity contribution in [1.29, 1.82) is 0 Å². The molecule has 1 saturated heterocycles. The van der Waals surface area contributed by atoms with Gasteiger partial charge in [0.15, 0.2) is 0 Å². The minimum atomic E-state index is 0.259. The van der Waals surface area contributed by atoms with Gasteiger partial charge in [-0.2, -0.15) is 0 Å². The molecule has 0 N–H and O–H groups in total. The smallest absolute Gasteiger partial charge is 0.242 e. The van der Waals surface area contributed by atoms with Gasteiger partial charge in [-0.05, 0) is 46.1 Å². The molecule has 132 valence electrons. The van der Waals surface area contributed by atoms with E-state index in [9.17, 15) is 4.79 Å². The van der Waals surface area contributed by atoms with Gasteiger partial charge in [0, 0.05) is 49.8 Å². The minimum Gasteiger partial charge on any atom is -0.362 e. The maximum absolute atomic E-state index is 12.7. The zero-order chi connectivity index (χ0) is 17.2. The first-order chi connectivity index (χ1) is 12.2. The van der Waals surface area contributed by atoms with E-state index >= 15 is 0 Å². The molecular weight excluding hydrogens is 398 g/mol. The highest BCUT2D eigenvalue weighted by Gasteiger charge is 2.25. The second-order valence-electron chi connectivity index (χ2n) is 6.66. The molecule has 1 fully saturated rings. The lowest BCUT2D eigenvalue weighted by Gasteiger charge is -2.35. The summed E-state index contributed by atoms with van der Waals surface area (Å²) in [5, 5.41) is 0. The van der Waals surface area contributed by atoms with Crippen LogP contribution in [0.1, 0.15) is 10.4 Å². The number of hydrogen-bond acceptors (Lipinski definition) is 4. The van der Waals surface area contributed by atoms with Crippen molar-refractivity contribution in [3.8, 4) is 0 Å². The number of carbonyl (C=O) groups is 1. The molecule has 2 aliphatic heterocycles. The van der Waals surface area contributed by atoms with Crippen molar-refractivity contribution in [2.75, 3.05) is 44.2 Å². The molecule has 1 aromatic heterocycles. The maximum atomic E-state index is 12.7. The summed E-state index contributed by atoms with van der Waals surface area (Å²) in [4.78, 5) is 20.8. The number of rotatable bonds is 4. The minimum absolute atomic E-state index is 0.259. The number of benzene rings is 1. The van der Waals surface area contributed by atoms with E-state index in [1.165, 1.54) is 19.9 Å². The third-order valence-electron chi connectivity index (χ3n) is 5.04. The number of hydrogen-bond donors (Lipinski definition) is 0. The largest absolute Gasteiger partial charge is 0.362 e. The van der Waals surface area contributed by atoms with Crippen LogP contribution in [0.4, 0.5) is 5.69 Å². The fraction of sp³-hybridized carbons (Fsp3) is 0.421. The fourth-order valence-electron chi connectivity index (χ4n) is 3.65. The van der Waals surface area contributed by atoms with Crippen molar-refractivity contribution in [3.63, 3.8) is 0 Å². The molecular formula is C19H22BrN3OS. The Balaban J connectivity index is 1.28. The van der Waals surface area contributed by atoms with E-state index in [4.69, 9.17) is 0 Å². The number of anilines is 1. The third kappa shape index (κ3) is 3.91. The quantitative estimate of drug-likeness (QED) is 0.760. The SMILES string of the molecule is O=C(CN1CCc2ccccc21)N1CCN(Cc2ccc(Br)s2)CC1. The predicted molar refractivity (Wildman–Crippen MR) is 106 cm³/mol. The fourth-order valence-corrected chi connectivity index (χ4v) is 5.17. The predicted octanol–water partition coefficient (Wildman–Crippen LogP) is 3.22. The molecule has 0 saturated carbocycles. The van der Waals surface area contributed by atoms with Gasteiger partial charge in [-0.15, -0.1) is 11.3 Å². The topological polar surface area (TPSA) is 26.8 Å². The van der Waals surface area contributed by atoms with Gasteiger partial charge in [-0.3, -0.25) is 9.69 Å². The van der Waals surface area contributed by atoms with Crippen LogP contribution in [0.5, 0.6) is 0 Å². The number of piperazine rings is 1. The summed E-state index contributed by atoms with van der Waals surface area (Å²) in [6.45, 7) is 6.03. The second kappa shape index (κ2) is 7.48. The van der Waals surface area contributed by atoms with E-state index in [1.807, 2.05) is 4.90 Å². The van der Waals surface area contributed by atoms with Crippen molar-refractivity contribution in [2.24, 2.45) is 0 Å². The molecule has 2 aromatic rings. The Labute approximate surface area is 161 Å². The summed E-state index contributed by atoms with van der Waals surface area (Å²) in [6.07, 6.45) is 1.05. The molecule has 0 atom stereocenters. The standard InChI is InChI=1S/C19H22BrN3OS/c20-18-6-5-16(25-18)13-21-9-11-22(12-10-21)19(24)14-23-8-7-15-3-1-2-4-17(15)23/h1-6H,7-14H2. The molecule has 2 aliphatic rings. The van der Waals surface area contributed by atoms with Gasteiger partial charge >= 0.3 is 0 Å². The Kier molecular flexibility index (Phi) is 5.10. The number of fused-ring (bicyclic) bond motifs is 1. The number of thiophene rings is 1. The van der Waals surface area contributed by atoms with Gasteiger partial charge in [-0.25, -0.2) is 0 Å². The van der Waals surface area contributed by atoms with Crippen LogP contribution in [-0.2, 0) is 17.8 Å². The van der Waals surface area contributed by atoms with E-state index in [-0.39, 0.29) is 5.91 Å². The molecule has 4 nitrogen and oxygen atoms in total. The molecule has 0 spiro atoms. The third-order valence-corrected chi connectivity index (χ3v) is 6.65. The lowest BCUT2D eigenvalue weighted by molar-refractivity contribution is -0.131. The van der Waals surface area contributed by atoms with Crippen LogP contribution in [-0.4, -0.2) is 55.0 Å². The van der Waals surface area contributed by atoms with Gasteiger partial charge in [0.1, 0.15) is 0 Å². The number of carbonyl (C=O) groups excluding carboxylic acids is 1. The van der Waals surface area contributed by atoms with Crippen LogP contribution < -0.4 is 4.90 Å². The second-order valence-corrected chi connectivity index (χ2v) is 9.21. The van der Waals surface area contributed by atoms with Crippen LogP contribution in [0.25, 0.3) is 0 Å². The van der Waals surface area contributed by atoms with E-state index in [2.05, 4.69) is 62.1 Å². The Hall–Kier alpha value is -1.37. The number of para-hydroxylation sites is 1. The molecule has 0 bridgehead atoms. The molecule has 3 heterocycles. The van der Waals surface area contributed by atoms with Crippen molar-refractivity contribution in [3.05, 3.63) is 50.6 Å². The normalized spacial score (nSPS) is 17.8. The average Bonchev–Trinajstić information content (AvgIpc) is 3.22. The summed E-state index contributed by atoms with van der Waals surface area (Å²) < 4.78 is 1.18. The highest BCUT2D eigenvalue weighted by atomic mass is 79.9. The molecule has 6 heteroatoms. The summed E-state index contributed by atoms with van der Waals surface area (Å²) in [5.41, 5.74) is 2.60. The van der Waals surface area contributed by atoms with E-state index < -0.39 is 0 Å². The van der Waals surface area contributed by atoms with Crippen LogP contribution >= 0.6 is 27.3 Å². The van der Waals surface area contributed by atoms with Crippen molar-refractivity contribution in [1.82, 2.24) is 9.80 Å². The first kappa shape index (κ1) is 17.1. The number of nitrogens with zero attached hydrogens (tertiary/aromatic N) is 3. The first-order valence-corrected chi connectivity index (χ1v) is 10.4. The molecule has 25 heavy (non-hydrogen) atoms. The Bertz CT molecular complexity index is 755. The molecule has 1 aromatic carbocycles. The van der Waals surface area contributed by atoms with E-state index in [0.717, 1.165) is 45.7 Å². The highest BCUT2D eigenvalue weighted by molar-refractivity contribution is 9.11. The summed E-state index contributed by atoms with van der Waals surface area (Å²) in [7, 11) is 0. The Morgan fingerprint density at radius 3 is 2.60 bits per heavy atom. The van der Waals surface area contributed by atoms with Crippen LogP contribution in [0, 0.1) is 0 Å². The lowest BCUT2D eigenvalue weighted by Crippen LogP contribution is -2.50. The molecule has 4 rings (SSSR count). The number of amides is 1. The zero-order valence-electron chi connectivity index (χ0n) is 14.2. The molecule has 0 radical (unpaired) electrons. The summed E-state index contributed by atoms with van der Waals surface area (Å²) in [6, 6.07) is 12.7. The van der Waals surface area contributed by atoms with Crippen molar-refractivity contribution in [2.45, 2.75) is 13.0 Å². The monoisotopic (exact) mass is 419 g/mol. The van der Waals surface area contributed by atoms with Crippen LogP contribution in [0.3, 0.4) is 0 Å². The van der Waals surface area contributed by atoms with Gasteiger partial charge in [0.2, 0.25) is 5.91 Å². The van der Waals surface area contributed by atoms with E-state index in [0.29, 0.717) is 6.54 Å². The summed E-state index contributed by atoms with van der Waals surface area (Å²) >= 11 is 5.31. The van der Waals surface area contributed by atoms with Crippen molar-refractivity contribution < 1.29 is 4.79 Å². The summed E-state index contributed by atoms with van der Waals surface area (Å²) in [5.74, 6) is 0.259. The molecule has 0 unspecified atom stereocenters. The van der Waals surface area contributed by atoms with E-state index in [1.54, 1.807) is 11.3 Å². The van der Waals surface area contributed by atoms with Crippen LogP contribution in [0.15, 0.2) is 40.2 Å². The lowest BCUT2D eigenvalue weighted by atomic mass is 10.2. The van der Waals surface area contributed by atoms with Gasteiger partial charge in [0.05, 0.1) is 10.3 Å². The first-order valence-electron chi connectivity index (χ1n) is 8.76. The molecule has 0 aliphatic carbocycles. The number of halogens is 1. The Morgan fingerprint density at radius 2 is 1.84 bits per heavy atom. The van der Waals surface area contributed by atoms with Gasteiger partial charge in [0.25, 0.3) is 0 Å². The van der Waals surface area contributed by atoms with Crippen LogP contribution in [0.2, 0.25) is 0 Å².